The third-order valence-electron chi connectivity index (χ3n) is 3.79. The summed E-state index contributed by atoms with van der Waals surface area (Å²) < 4.78 is 0. The van der Waals surface area contributed by atoms with Crippen molar-refractivity contribution in [2.75, 3.05) is 18.9 Å². The van der Waals surface area contributed by atoms with Gasteiger partial charge in [0.1, 0.15) is 0 Å². The van der Waals surface area contributed by atoms with Crippen LogP contribution in [0, 0.1) is 5.92 Å². The molecule has 112 valence electrons. The molecule has 3 unspecified atom stereocenters. The van der Waals surface area contributed by atoms with E-state index >= 15 is 0 Å². The minimum Gasteiger partial charge on any atom is -0.396 e. The van der Waals surface area contributed by atoms with Crippen molar-refractivity contribution in [3.05, 3.63) is 0 Å². The molecule has 3 atom stereocenters. The highest BCUT2D eigenvalue weighted by Gasteiger charge is 2.25. The SMILES string of the molecule is CCSC1CCC(NC(=O)NCC(CC)CCO)C1. The lowest BCUT2D eigenvalue weighted by Gasteiger charge is -2.17. The van der Waals surface area contributed by atoms with Gasteiger partial charge in [0.2, 0.25) is 0 Å². The molecular weight excluding hydrogens is 260 g/mol. The molecule has 5 heteroatoms. The summed E-state index contributed by atoms with van der Waals surface area (Å²) in [6.45, 7) is 5.12. The van der Waals surface area contributed by atoms with Gasteiger partial charge in [-0.25, -0.2) is 4.79 Å². The number of hydrogen-bond acceptors (Lipinski definition) is 3. The number of urea groups is 1. The van der Waals surface area contributed by atoms with Crippen molar-refractivity contribution in [3.63, 3.8) is 0 Å². The zero-order valence-electron chi connectivity index (χ0n) is 12.2. The Morgan fingerprint density at radius 2 is 2.21 bits per heavy atom. The molecule has 1 saturated carbocycles. The van der Waals surface area contributed by atoms with Crippen LogP contribution in [-0.2, 0) is 0 Å². The smallest absolute Gasteiger partial charge is 0.315 e. The minimum atomic E-state index is -0.0523. The molecule has 0 radical (unpaired) electrons. The Bertz CT molecular complexity index is 264. The van der Waals surface area contributed by atoms with Crippen LogP contribution in [0.1, 0.15) is 46.0 Å². The fourth-order valence-electron chi connectivity index (χ4n) is 2.56. The molecule has 0 aromatic rings. The minimum absolute atomic E-state index is 0.0523. The van der Waals surface area contributed by atoms with Crippen LogP contribution < -0.4 is 10.6 Å². The van der Waals surface area contributed by atoms with E-state index in [0.717, 1.165) is 31.4 Å². The van der Waals surface area contributed by atoms with Crippen LogP contribution in [0.25, 0.3) is 0 Å². The van der Waals surface area contributed by atoms with E-state index in [1.165, 1.54) is 6.42 Å². The van der Waals surface area contributed by atoms with Crippen molar-refractivity contribution in [3.8, 4) is 0 Å². The molecule has 1 fully saturated rings. The van der Waals surface area contributed by atoms with Crippen molar-refractivity contribution < 1.29 is 9.90 Å². The number of hydrogen-bond donors (Lipinski definition) is 3. The lowest BCUT2D eigenvalue weighted by molar-refractivity contribution is 0.228. The molecule has 1 rings (SSSR count). The van der Waals surface area contributed by atoms with Crippen molar-refractivity contribution in [2.24, 2.45) is 5.92 Å². The molecule has 3 N–H and O–H groups in total. The van der Waals surface area contributed by atoms with Crippen LogP contribution in [0.4, 0.5) is 4.79 Å². The van der Waals surface area contributed by atoms with Crippen LogP contribution in [0.2, 0.25) is 0 Å². The van der Waals surface area contributed by atoms with Gasteiger partial charge >= 0.3 is 6.03 Å². The molecule has 0 heterocycles. The first-order valence-electron chi connectivity index (χ1n) is 7.46. The van der Waals surface area contributed by atoms with Crippen LogP contribution in [0.15, 0.2) is 0 Å². The van der Waals surface area contributed by atoms with Gasteiger partial charge in [0.25, 0.3) is 0 Å². The number of amides is 2. The van der Waals surface area contributed by atoms with Gasteiger partial charge in [-0.2, -0.15) is 11.8 Å². The predicted molar refractivity (Wildman–Crippen MR) is 81.6 cm³/mol. The van der Waals surface area contributed by atoms with Crippen LogP contribution in [0.5, 0.6) is 0 Å². The van der Waals surface area contributed by atoms with Crippen molar-refractivity contribution >= 4 is 17.8 Å². The fourth-order valence-corrected chi connectivity index (χ4v) is 3.71. The van der Waals surface area contributed by atoms with Crippen LogP contribution in [-0.4, -0.2) is 41.3 Å². The third kappa shape index (κ3) is 6.52. The van der Waals surface area contributed by atoms with Gasteiger partial charge in [0, 0.05) is 24.4 Å². The summed E-state index contributed by atoms with van der Waals surface area (Å²) >= 11 is 2.00. The van der Waals surface area contributed by atoms with Crippen LogP contribution >= 0.6 is 11.8 Å². The van der Waals surface area contributed by atoms with Crippen molar-refractivity contribution in [1.29, 1.82) is 0 Å². The van der Waals surface area contributed by atoms with E-state index in [9.17, 15) is 4.79 Å². The highest BCUT2D eigenvalue weighted by atomic mass is 32.2. The molecule has 0 bridgehead atoms. The second kappa shape index (κ2) is 9.48. The Labute approximate surface area is 121 Å². The quantitative estimate of drug-likeness (QED) is 0.642. The summed E-state index contributed by atoms with van der Waals surface area (Å²) in [4.78, 5) is 11.8. The Balaban J connectivity index is 2.17. The van der Waals surface area contributed by atoms with E-state index in [4.69, 9.17) is 5.11 Å². The molecular formula is C14H28N2O2S. The highest BCUT2D eigenvalue weighted by Crippen LogP contribution is 2.29. The summed E-state index contributed by atoms with van der Waals surface area (Å²) in [7, 11) is 0. The molecule has 0 aliphatic heterocycles. The van der Waals surface area contributed by atoms with Gasteiger partial charge in [0.15, 0.2) is 0 Å². The first kappa shape index (κ1) is 16.6. The van der Waals surface area contributed by atoms with Crippen molar-refractivity contribution in [1.82, 2.24) is 10.6 Å². The standard InChI is InChI=1S/C14H28N2O2S/c1-3-11(7-8-17)10-15-14(18)16-12-5-6-13(9-12)19-4-2/h11-13,17H,3-10H2,1-2H3,(H2,15,16,18). The first-order chi connectivity index (χ1) is 9.19. The summed E-state index contributed by atoms with van der Waals surface area (Å²) in [6, 6.07) is 0.283. The highest BCUT2D eigenvalue weighted by molar-refractivity contribution is 7.99. The fraction of sp³-hybridized carbons (Fsp3) is 0.929. The average molecular weight is 288 g/mol. The maximum Gasteiger partial charge on any atom is 0.315 e. The van der Waals surface area contributed by atoms with E-state index in [1.54, 1.807) is 0 Å². The molecule has 2 amide bonds. The zero-order valence-corrected chi connectivity index (χ0v) is 13.0. The van der Waals surface area contributed by atoms with Gasteiger partial charge in [-0.05, 0) is 37.4 Å². The van der Waals surface area contributed by atoms with E-state index in [-0.39, 0.29) is 12.6 Å². The molecule has 1 aliphatic rings. The van der Waals surface area contributed by atoms with Gasteiger partial charge in [-0.3, -0.25) is 0 Å². The maximum absolute atomic E-state index is 11.8. The largest absolute Gasteiger partial charge is 0.396 e. The second-order valence-electron chi connectivity index (χ2n) is 5.23. The van der Waals surface area contributed by atoms with Crippen molar-refractivity contribution in [2.45, 2.75) is 57.2 Å². The second-order valence-corrected chi connectivity index (χ2v) is 6.81. The van der Waals surface area contributed by atoms with E-state index in [2.05, 4.69) is 24.5 Å². The Morgan fingerprint density at radius 1 is 1.42 bits per heavy atom. The number of aliphatic hydroxyl groups is 1. The number of thioether (sulfide) groups is 1. The maximum atomic E-state index is 11.8. The van der Waals surface area contributed by atoms with Gasteiger partial charge in [-0.15, -0.1) is 0 Å². The van der Waals surface area contributed by atoms with Crippen LogP contribution in [0.3, 0.4) is 0 Å². The van der Waals surface area contributed by atoms with Gasteiger partial charge in [-0.1, -0.05) is 20.3 Å². The Hall–Kier alpha value is -0.420. The van der Waals surface area contributed by atoms with Gasteiger partial charge in [0.05, 0.1) is 0 Å². The molecule has 0 aromatic carbocycles. The Morgan fingerprint density at radius 3 is 2.84 bits per heavy atom. The summed E-state index contributed by atoms with van der Waals surface area (Å²) in [6.07, 6.45) is 5.15. The molecule has 0 saturated heterocycles. The molecule has 4 nitrogen and oxygen atoms in total. The van der Waals surface area contributed by atoms with E-state index in [0.29, 0.717) is 23.8 Å². The number of carbonyl (C=O) groups is 1. The Kier molecular flexibility index (Phi) is 8.30. The average Bonchev–Trinajstić information content (AvgIpc) is 2.82. The first-order valence-corrected chi connectivity index (χ1v) is 8.51. The summed E-state index contributed by atoms with van der Waals surface area (Å²) in [5.41, 5.74) is 0. The lowest BCUT2D eigenvalue weighted by Crippen LogP contribution is -2.42. The topological polar surface area (TPSA) is 61.4 Å². The predicted octanol–water partition coefficient (Wildman–Crippen LogP) is 2.37. The lowest BCUT2D eigenvalue weighted by atomic mass is 10.0. The molecule has 0 spiro atoms. The summed E-state index contributed by atoms with van der Waals surface area (Å²) in [5.74, 6) is 1.53. The zero-order chi connectivity index (χ0) is 14.1. The van der Waals surface area contributed by atoms with E-state index in [1.807, 2.05) is 11.8 Å². The van der Waals surface area contributed by atoms with Gasteiger partial charge < -0.3 is 15.7 Å². The number of rotatable bonds is 8. The molecule has 1 aliphatic carbocycles. The number of nitrogens with one attached hydrogen (secondary N) is 2. The number of aliphatic hydroxyl groups excluding tert-OH is 1. The molecule has 0 aromatic heterocycles. The normalized spacial score (nSPS) is 24.2. The third-order valence-corrected chi connectivity index (χ3v) is 5.02. The number of carbonyl (C=O) groups excluding carboxylic acids is 1. The van der Waals surface area contributed by atoms with E-state index < -0.39 is 0 Å². The monoisotopic (exact) mass is 288 g/mol. The summed E-state index contributed by atoms with van der Waals surface area (Å²) in [5, 5.41) is 15.6. The molecule has 19 heavy (non-hydrogen) atoms.